The van der Waals surface area contributed by atoms with Crippen molar-refractivity contribution in [2.24, 2.45) is 5.41 Å². The second kappa shape index (κ2) is 4.57. The number of carbonyl (C=O) groups is 1. The summed E-state index contributed by atoms with van der Waals surface area (Å²) in [5.74, 6) is -0.302. The number of methoxy groups -OCH3 is 1. The van der Waals surface area contributed by atoms with Crippen LogP contribution in [0, 0.1) is 5.41 Å². The number of nitrogens with one attached hydrogen (secondary N) is 1. The third kappa shape index (κ3) is 2.56. The Bertz CT molecular complexity index is 223. The molecule has 80 valence electrons. The van der Waals surface area contributed by atoms with Gasteiger partial charge in [0.15, 0.2) is 0 Å². The first kappa shape index (κ1) is 11.2. The van der Waals surface area contributed by atoms with Gasteiger partial charge in [0, 0.05) is 12.0 Å². The average molecular weight is 199 g/mol. The Kier molecular flexibility index (Phi) is 3.66. The Hall–Kier alpha value is -0.870. The third-order valence-electron chi connectivity index (χ3n) is 2.34. The van der Waals surface area contributed by atoms with Gasteiger partial charge in [0.05, 0.1) is 20.3 Å². The molecular weight excluding hydrogens is 182 g/mol. The summed E-state index contributed by atoms with van der Waals surface area (Å²) >= 11 is 0. The van der Waals surface area contributed by atoms with Gasteiger partial charge in [-0.1, -0.05) is 13.0 Å². The molecule has 0 aromatic heterocycles. The maximum Gasteiger partial charge on any atom is 0.326 e. The van der Waals surface area contributed by atoms with E-state index in [4.69, 9.17) is 4.74 Å². The minimum absolute atomic E-state index is 0.148. The molecule has 4 nitrogen and oxygen atoms in total. The topological polar surface area (TPSA) is 47.6 Å². The van der Waals surface area contributed by atoms with Crippen LogP contribution < -0.4 is 5.32 Å². The van der Waals surface area contributed by atoms with Gasteiger partial charge in [-0.05, 0) is 0 Å². The molecule has 1 aliphatic heterocycles. The highest BCUT2D eigenvalue weighted by Crippen LogP contribution is 2.25. The van der Waals surface area contributed by atoms with Crippen molar-refractivity contribution < 1.29 is 14.3 Å². The molecule has 1 heterocycles. The van der Waals surface area contributed by atoms with E-state index >= 15 is 0 Å². The fourth-order valence-electron chi connectivity index (χ4n) is 1.30. The second-order valence-electron chi connectivity index (χ2n) is 3.92. The van der Waals surface area contributed by atoms with E-state index in [0.717, 1.165) is 19.8 Å². The lowest BCUT2D eigenvalue weighted by Gasteiger charge is -2.38. The zero-order chi connectivity index (χ0) is 10.6. The van der Waals surface area contributed by atoms with Gasteiger partial charge in [0.1, 0.15) is 6.04 Å². The molecule has 4 heteroatoms. The predicted molar refractivity (Wildman–Crippen MR) is 52.9 cm³/mol. The van der Waals surface area contributed by atoms with Gasteiger partial charge in [-0.25, -0.2) is 0 Å². The van der Waals surface area contributed by atoms with E-state index in [1.165, 1.54) is 7.11 Å². The Morgan fingerprint density at radius 1 is 1.79 bits per heavy atom. The van der Waals surface area contributed by atoms with Gasteiger partial charge < -0.3 is 14.8 Å². The SMILES string of the molecule is C=CC(NCC1(C)COC1)C(=O)OC. The molecule has 0 saturated carbocycles. The average Bonchev–Trinajstić information content (AvgIpc) is 2.15. The van der Waals surface area contributed by atoms with Gasteiger partial charge in [-0.2, -0.15) is 0 Å². The van der Waals surface area contributed by atoms with E-state index in [-0.39, 0.29) is 11.4 Å². The molecule has 1 fully saturated rings. The van der Waals surface area contributed by atoms with Crippen molar-refractivity contribution in [3.8, 4) is 0 Å². The molecule has 0 amide bonds. The molecule has 1 aliphatic rings. The van der Waals surface area contributed by atoms with E-state index in [2.05, 4.69) is 23.6 Å². The van der Waals surface area contributed by atoms with Gasteiger partial charge in [0.25, 0.3) is 0 Å². The lowest BCUT2D eigenvalue weighted by atomic mass is 9.88. The smallest absolute Gasteiger partial charge is 0.326 e. The van der Waals surface area contributed by atoms with Crippen molar-refractivity contribution in [2.75, 3.05) is 26.9 Å². The molecule has 0 bridgehead atoms. The predicted octanol–water partition coefficient (Wildman–Crippen LogP) is 0.340. The highest BCUT2D eigenvalue weighted by atomic mass is 16.5. The van der Waals surface area contributed by atoms with Crippen molar-refractivity contribution in [3.63, 3.8) is 0 Å². The quantitative estimate of drug-likeness (QED) is 0.512. The van der Waals surface area contributed by atoms with Crippen LogP contribution in [0.5, 0.6) is 0 Å². The molecule has 0 radical (unpaired) electrons. The van der Waals surface area contributed by atoms with Gasteiger partial charge in [-0.15, -0.1) is 6.58 Å². The lowest BCUT2D eigenvalue weighted by Crippen LogP contribution is -2.50. The number of rotatable bonds is 5. The summed E-state index contributed by atoms with van der Waals surface area (Å²) in [6.45, 7) is 7.91. The minimum atomic E-state index is -0.419. The zero-order valence-electron chi connectivity index (χ0n) is 8.71. The van der Waals surface area contributed by atoms with Crippen LogP contribution in [-0.2, 0) is 14.3 Å². The minimum Gasteiger partial charge on any atom is -0.468 e. The molecule has 0 aliphatic carbocycles. The van der Waals surface area contributed by atoms with Crippen LogP contribution in [0.25, 0.3) is 0 Å². The van der Waals surface area contributed by atoms with Crippen LogP contribution in [0.15, 0.2) is 12.7 Å². The van der Waals surface area contributed by atoms with E-state index in [9.17, 15) is 4.79 Å². The molecule has 0 aromatic rings. The highest BCUT2D eigenvalue weighted by molar-refractivity contribution is 5.77. The summed E-state index contributed by atoms with van der Waals surface area (Å²) in [6.07, 6.45) is 1.55. The van der Waals surface area contributed by atoms with Crippen LogP contribution in [0.2, 0.25) is 0 Å². The van der Waals surface area contributed by atoms with Gasteiger partial charge in [0.2, 0.25) is 0 Å². The van der Waals surface area contributed by atoms with Crippen molar-refractivity contribution in [3.05, 3.63) is 12.7 Å². The fraction of sp³-hybridized carbons (Fsp3) is 0.700. The monoisotopic (exact) mass is 199 g/mol. The Balaban J connectivity index is 2.33. The molecule has 1 rings (SSSR count). The van der Waals surface area contributed by atoms with Crippen LogP contribution in [0.4, 0.5) is 0 Å². The first-order chi connectivity index (χ1) is 6.61. The first-order valence-electron chi connectivity index (χ1n) is 4.63. The number of carbonyl (C=O) groups excluding carboxylic acids is 1. The van der Waals surface area contributed by atoms with E-state index in [0.29, 0.717) is 0 Å². The standard InChI is InChI=1S/C10H17NO3/c1-4-8(9(12)13-3)11-5-10(2)6-14-7-10/h4,8,11H,1,5-7H2,2-3H3. The van der Waals surface area contributed by atoms with Crippen LogP contribution >= 0.6 is 0 Å². The number of ether oxygens (including phenoxy) is 2. The summed E-state index contributed by atoms with van der Waals surface area (Å²) in [4.78, 5) is 11.2. The van der Waals surface area contributed by atoms with Crippen LogP contribution in [-0.4, -0.2) is 38.9 Å². The summed E-state index contributed by atoms with van der Waals surface area (Å²) in [5.41, 5.74) is 0.148. The maximum atomic E-state index is 11.2. The van der Waals surface area contributed by atoms with E-state index < -0.39 is 6.04 Å². The second-order valence-corrected chi connectivity index (χ2v) is 3.92. The number of hydrogen-bond acceptors (Lipinski definition) is 4. The van der Waals surface area contributed by atoms with Gasteiger partial charge >= 0.3 is 5.97 Å². The van der Waals surface area contributed by atoms with Crippen LogP contribution in [0.3, 0.4) is 0 Å². The number of hydrogen-bond donors (Lipinski definition) is 1. The van der Waals surface area contributed by atoms with Gasteiger partial charge in [-0.3, -0.25) is 4.79 Å². The van der Waals surface area contributed by atoms with E-state index in [1.54, 1.807) is 6.08 Å². The summed E-state index contributed by atoms with van der Waals surface area (Å²) in [7, 11) is 1.37. The molecule has 1 saturated heterocycles. The lowest BCUT2D eigenvalue weighted by molar-refractivity contribution is -0.142. The van der Waals surface area contributed by atoms with E-state index in [1.807, 2.05) is 0 Å². The van der Waals surface area contributed by atoms with Crippen molar-refractivity contribution >= 4 is 5.97 Å². The Labute approximate surface area is 84.3 Å². The normalized spacial score (nSPS) is 20.7. The summed E-state index contributed by atoms with van der Waals surface area (Å²) in [6, 6.07) is -0.419. The Morgan fingerprint density at radius 2 is 2.43 bits per heavy atom. The Morgan fingerprint density at radius 3 is 2.79 bits per heavy atom. The van der Waals surface area contributed by atoms with Crippen LogP contribution in [0.1, 0.15) is 6.92 Å². The first-order valence-corrected chi connectivity index (χ1v) is 4.63. The number of esters is 1. The maximum absolute atomic E-state index is 11.2. The molecule has 14 heavy (non-hydrogen) atoms. The fourth-order valence-corrected chi connectivity index (χ4v) is 1.30. The highest BCUT2D eigenvalue weighted by Gasteiger charge is 2.34. The molecular formula is C10H17NO3. The molecule has 1 unspecified atom stereocenters. The third-order valence-corrected chi connectivity index (χ3v) is 2.34. The summed E-state index contributed by atoms with van der Waals surface area (Å²) in [5, 5.41) is 3.09. The molecule has 1 atom stereocenters. The molecule has 1 N–H and O–H groups in total. The van der Waals surface area contributed by atoms with Crippen molar-refractivity contribution in [1.82, 2.24) is 5.32 Å². The van der Waals surface area contributed by atoms with Crippen molar-refractivity contribution in [2.45, 2.75) is 13.0 Å². The van der Waals surface area contributed by atoms with Crippen molar-refractivity contribution in [1.29, 1.82) is 0 Å². The molecule has 0 aromatic carbocycles. The zero-order valence-corrected chi connectivity index (χ0v) is 8.71. The summed E-state index contributed by atoms with van der Waals surface area (Å²) < 4.78 is 9.72. The molecule has 0 spiro atoms. The largest absolute Gasteiger partial charge is 0.468 e.